The van der Waals surface area contributed by atoms with Crippen molar-refractivity contribution in [3.05, 3.63) is 24.3 Å². The molecular formula is C15H19N3O3. The van der Waals surface area contributed by atoms with Crippen LogP contribution in [0.2, 0.25) is 0 Å². The van der Waals surface area contributed by atoms with Crippen LogP contribution >= 0.6 is 0 Å². The standard InChI is InChI=1S/C15H19N3O3/c1-10(2)14-13-12(16-9-17-13)5-6-18(14)15(19)21-8-11-4-3-7-20-11/h5-6,9-11H,3-4,7-8H2,1-2H3/t11-/m1/s1. The Bertz CT molecular complexity index is 602. The fourth-order valence-corrected chi connectivity index (χ4v) is 2.66. The quantitative estimate of drug-likeness (QED) is 0.869. The van der Waals surface area contributed by atoms with Gasteiger partial charge in [-0.3, -0.25) is 4.57 Å². The highest BCUT2D eigenvalue weighted by Crippen LogP contribution is 2.28. The van der Waals surface area contributed by atoms with E-state index >= 15 is 0 Å². The summed E-state index contributed by atoms with van der Waals surface area (Å²) in [4.78, 5) is 20.8. The number of hydrogen-bond acceptors (Lipinski definition) is 5. The molecule has 21 heavy (non-hydrogen) atoms. The first kappa shape index (κ1) is 14.0. The van der Waals surface area contributed by atoms with Gasteiger partial charge in [0.25, 0.3) is 0 Å². The predicted molar refractivity (Wildman–Crippen MR) is 76.5 cm³/mol. The average molecular weight is 289 g/mol. The van der Waals surface area contributed by atoms with E-state index in [9.17, 15) is 4.79 Å². The zero-order valence-corrected chi connectivity index (χ0v) is 12.3. The maximum absolute atomic E-state index is 12.3. The van der Waals surface area contributed by atoms with E-state index in [0.717, 1.165) is 36.5 Å². The molecule has 0 aliphatic carbocycles. The number of pyridine rings is 1. The van der Waals surface area contributed by atoms with Crippen molar-refractivity contribution in [2.75, 3.05) is 13.2 Å². The van der Waals surface area contributed by atoms with Gasteiger partial charge in [0.1, 0.15) is 18.6 Å². The fourth-order valence-electron chi connectivity index (χ4n) is 2.66. The maximum atomic E-state index is 12.3. The van der Waals surface area contributed by atoms with Crippen molar-refractivity contribution >= 4 is 6.09 Å². The second kappa shape index (κ2) is 5.81. The van der Waals surface area contributed by atoms with Crippen molar-refractivity contribution < 1.29 is 14.3 Å². The summed E-state index contributed by atoms with van der Waals surface area (Å²) >= 11 is 0. The molecule has 1 fully saturated rings. The number of carbonyl (C=O) groups excluding carboxylic acids is 1. The Morgan fingerprint density at radius 2 is 2.38 bits per heavy atom. The third-order valence-electron chi connectivity index (χ3n) is 3.67. The minimum atomic E-state index is -0.390. The number of ether oxygens (including phenoxy) is 2. The number of rotatable bonds is 3. The van der Waals surface area contributed by atoms with Crippen LogP contribution in [0.1, 0.15) is 38.3 Å². The van der Waals surface area contributed by atoms with Crippen LogP contribution in [0.4, 0.5) is 4.79 Å². The van der Waals surface area contributed by atoms with Gasteiger partial charge in [-0.05, 0) is 24.8 Å². The molecule has 0 aromatic carbocycles. The van der Waals surface area contributed by atoms with Crippen LogP contribution in [0.15, 0.2) is 18.6 Å². The van der Waals surface area contributed by atoms with E-state index in [1.165, 1.54) is 10.9 Å². The molecule has 0 N–H and O–H groups in total. The summed E-state index contributed by atoms with van der Waals surface area (Å²) in [6, 6.07) is 1.78. The lowest BCUT2D eigenvalue weighted by molar-refractivity contribution is 0.0440. The van der Waals surface area contributed by atoms with Crippen molar-refractivity contribution in [2.45, 2.75) is 38.7 Å². The van der Waals surface area contributed by atoms with Crippen molar-refractivity contribution in [3.8, 4) is 11.4 Å². The molecule has 0 bridgehead atoms. The van der Waals surface area contributed by atoms with E-state index in [1.54, 1.807) is 12.3 Å². The molecule has 0 spiro atoms. The van der Waals surface area contributed by atoms with Crippen LogP contribution in [0.25, 0.3) is 11.4 Å². The second-order valence-corrected chi connectivity index (χ2v) is 5.55. The number of imidazole rings is 1. The van der Waals surface area contributed by atoms with Crippen molar-refractivity contribution in [1.29, 1.82) is 0 Å². The zero-order chi connectivity index (χ0) is 14.8. The van der Waals surface area contributed by atoms with Gasteiger partial charge < -0.3 is 9.47 Å². The molecule has 6 heteroatoms. The van der Waals surface area contributed by atoms with E-state index in [1.807, 2.05) is 13.8 Å². The van der Waals surface area contributed by atoms with E-state index in [-0.39, 0.29) is 18.1 Å². The van der Waals surface area contributed by atoms with Gasteiger partial charge in [-0.15, -0.1) is 0 Å². The van der Waals surface area contributed by atoms with Crippen molar-refractivity contribution in [1.82, 2.24) is 14.5 Å². The summed E-state index contributed by atoms with van der Waals surface area (Å²) < 4.78 is 12.4. The molecular weight excluding hydrogens is 270 g/mol. The van der Waals surface area contributed by atoms with E-state index < -0.39 is 0 Å². The Kier molecular flexibility index (Phi) is 3.88. The topological polar surface area (TPSA) is 66.2 Å². The Balaban J connectivity index is 1.83. The highest BCUT2D eigenvalue weighted by Gasteiger charge is 2.23. The van der Waals surface area contributed by atoms with E-state index in [2.05, 4.69) is 9.97 Å². The zero-order valence-electron chi connectivity index (χ0n) is 12.3. The molecule has 6 nitrogen and oxygen atoms in total. The maximum Gasteiger partial charge on any atom is 0.418 e. The lowest BCUT2D eigenvalue weighted by atomic mass is 10.0. The molecule has 0 saturated carbocycles. The molecule has 0 unspecified atom stereocenters. The van der Waals surface area contributed by atoms with Gasteiger partial charge in [-0.25, -0.2) is 14.8 Å². The molecule has 0 aromatic heterocycles. The van der Waals surface area contributed by atoms with E-state index in [4.69, 9.17) is 9.47 Å². The highest BCUT2D eigenvalue weighted by atomic mass is 16.6. The Labute approximate surface area is 123 Å². The molecule has 0 radical (unpaired) electrons. The summed E-state index contributed by atoms with van der Waals surface area (Å²) in [7, 11) is 0. The second-order valence-electron chi connectivity index (χ2n) is 5.55. The van der Waals surface area contributed by atoms with Gasteiger partial charge in [0.2, 0.25) is 0 Å². The van der Waals surface area contributed by atoms with Gasteiger partial charge in [0.15, 0.2) is 0 Å². The lowest BCUT2D eigenvalue weighted by Crippen LogP contribution is -2.24. The SMILES string of the molecule is CC(C)c1c2ncnc-2ccn1C(=O)OC[C@H]1CCCO1. The van der Waals surface area contributed by atoms with Crippen LogP contribution < -0.4 is 0 Å². The monoisotopic (exact) mass is 289 g/mol. The lowest BCUT2D eigenvalue weighted by Gasteiger charge is -2.18. The number of nitrogens with zero attached hydrogens (tertiary/aromatic N) is 3. The van der Waals surface area contributed by atoms with E-state index in [0.29, 0.717) is 6.61 Å². The third kappa shape index (κ3) is 2.76. The van der Waals surface area contributed by atoms with Gasteiger partial charge in [-0.1, -0.05) is 13.8 Å². The van der Waals surface area contributed by atoms with Crippen LogP contribution in [0.5, 0.6) is 0 Å². The molecule has 3 heterocycles. The van der Waals surface area contributed by atoms with Crippen molar-refractivity contribution in [3.63, 3.8) is 0 Å². The molecule has 1 atom stereocenters. The Morgan fingerprint density at radius 1 is 1.52 bits per heavy atom. The third-order valence-corrected chi connectivity index (χ3v) is 3.67. The number of hydrogen-bond donors (Lipinski definition) is 0. The molecule has 0 aromatic rings. The van der Waals surface area contributed by atoms with Crippen LogP contribution in [0.3, 0.4) is 0 Å². The number of carbonyl (C=O) groups is 1. The minimum absolute atomic E-state index is 0.0273. The first-order chi connectivity index (χ1) is 10.2. The van der Waals surface area contributed by atoms with Crippen LogP contribution in [0, 0.1) is 0 Å². The largest absolute Gasteiger partial charge is 0.446 e. The van der Waals surface area contributed by atoms with Gasteiger partial charge in [0.05, 0.1) is 17.5 Å². The fraction of sp³-hybridized carbons (Fsp3) is 0.533. The van der Waals surface area contributed by atoms with Crippen molar-refractivity contribution in [2.24, 2.45) is 0 Å². The molecule has 3 aliphatic heterocycles. The summed E-state index contributed by atoms with van der Waals surface area (Å²) in [6.45, 7) is 5.09. The predicted octanol–water partition coefficient (Wildman–Crippen LogP) is 2.67. The van der Waals surface area contributed by atoms with Gasteiger partial charge in [0, 0.05) is 12.8 Å². The summed E-state index contributed by atoms with van der Waals surface area (Å²) in [5.41, 5.74) is 2.37. The normalized spacial score (nSPS) is 18.5. The first-order valence-electron chi connectivity index (χ1n) is 7.27. The number of aromatic nitrogens is 3. The smallest absolute Gasteiger partial charge is 0.418 e. The number of fused-ring (bicyclic) bond motifs is 1. The van der Waals surface area contributed by atoms with Gasteiger partial charge in [-0.2, -0.15) is 0 Å². The molecule has 3 rings (SSSR count). The molecule has 3 aliphatic rings. The first-order valence-corrected chi connectivity index (χ1v) is 7.27. The van der Waals surface area contributed by atoms with Gasteiger partial charge >= 0.3 is 6.09 Å². The Hall–Kier alpha value is -1.95. The van der Waals surface area contributed by atoms with Crippen LogP contribution in [-0.2, 0) is 9.47 Å². The highest BCUT2D eigenvalue weighted by molar-refractivity contribution is 5.75. The Morgan fingerprint density at radius 3 is 3.10 bits per heavy atom. The molecule has 112 valence electrons. The molecule has 1 saturated heterocycles. The molecule has 0 amide bonds. The summed E-state index contributed by atoms with van der Waals surface area (Å²) in [5.74, 6) is 0.140. The van der Waals surface area contributed by atoms with Crippen LogP contribution in [-0.4, -0.2) is 39.9 Å². The average Bonchev–Trinajstić information content (AvgIpc) is 3.14. The summed E-state index contributed by atoms with van der Waals surface area (Å²) in [5, 5.41) is 0. The summed E-state index contributed by atoms with van der Waals surface area (Å²) in [6.07, 6.45) is 4.82. The minimum Gasteiger partial charge on any atom is -0.446 e.